The van der Waals surface area contributed by atoms with E-state index >= 15 is 0 Å². The van der Waals surface area contributed by atoms with Crippen LogP contribution in [0.4, 0.5) is 0 Å². The summed E-state index contributed by atoms with van der Waals surface area (Å²) in [5.74, 6) is -2.76. The van der Waals surface area contributed by atoms with E-state index < -0.39 is 77.0 Å². The summed E-state index contributed by atoms with van der Waals surface area (Å²) in [6, 6.07) is 21.3. The van der Waals surface area contributed by atoms with Crippen LogP contribution in [0.25, 0.3) is 16.6 Å². The highest BCUT2D eigenvalue weighted by Gasteiger charge is 2.52. The molecule has 466 valence electrons. The van der Waals surface area contributed by atoms with Crippen molar-refractivity contribution in [1.82, 2.24) is 41.5 Å². The number of Topliss-reactive ketones (excluding diaryl/α,β-unsaturated/α-hetero) is 2. The lowest BCUT2D eigenvalue weighted by molar-refractivity contribution is -0.134. The van der Waals surface area contributed by atoms with Gasteiger partial charge in [-0.15, -0.1) is 0 Å². The van der Waals surface area contributed by atoms with Gasteiger partial charge in [0.15, 0.2) is 17.4 Å². The van der Waals surface area contributed by atoms with Crippen LogP contribution in [-0.2, 0) is 69.3 Å². The summed E-state index contributed by atoms with van der Waals surface area (Å²) in [6.07, 6.45) is 7.23. The molecule has 2 saturated heterocycles. The van der Waals surface area contributed by atoms with Gasteiger partial charge < -0.3 is 55.4 Å². The minimum absolute atomic E-state index is 0.0162. The number of para-hydroxylation sites is 2. The fourth-order valence-electron chi connectivity index (χ4n) is 13.1. The average molecular weight is 1200 g/mol. The summed E-state index contributed by atoms with van der Waals surface area (Å²) in [5.41, 5.74) is 4.79. The largest absolute Gasteiger partial charge is 0.497 e. The van der Waals surface area contributed by atoms with E-state index in [2.05, 4.69) is 36.9 Å². The zero-order valence-electron chi connectivity index (χ0n) is 51.5. The van der Waals surface area contributed by atoms with Crippen LogP contribution in [0, 0.1) is 11.8 Å². The van der Waals surface area contributed by atoms with Crippen molar-refractivity contribution >= 4 is 63.6 Å². The molecule has 20 nitrogen and oxygen atoms in total. The van der Waals surface area contributed by atoms with Crippen molar-refractivity contribution in [1.29, 1.82) is 0 Å². The van der Waals surface area contributed by atoms with Gasteiger partial charge in [0.1, 0.15) is 46.9 Å². The highest BCUT2D eigenvalue weighted by molar-refractivity contribution is 6.06. The van der Waals surface area contributed by atoms with E-state index in [0.717, 1.165) is 59.9 Å². The molecule has 0 radical (unpaired) electrons. The molecule has 20 heteroatoms. The van der Waals surface area contributed by atoms with Gasteiger partial charge in [-0.2, -0.15) is 0 Å². The Hall–Kier alpha value is -8.23. The van der Waals surface area contributed by atoms with E-state index in [9.17, 15) is 38.4 Å². The van der Waals surface area contributed by atoms with Gasteiger partial charge in [-0.05, 0) is 142 Å². The van der Waals surface area contributed by atoms with Crippen LogP contribution >= 0.6 is 0 Å². The van der Waals surface area contributed by atoms with Gasteiger partial charge in [-0.1, -0.05) is 92.8 Å². The van der Waals surface area contributed by atoms with E-state index in [-0.39, 0.29) is 73.5 Å². The van der Waals surface area contributed by atoms with E-state index in [1.807, 2.05) is 67.6 Å². The maximum absolute atomic E-state index is 14.9. The molecule has 3 heterocycles. The highest BCUT2D eigenvalue weighted by atomic mass is 16.6. The summed E-state index contributed by atoms with van der Waals surface area (Å²) in [4.78, 5) is 119. The van der Waals surface area contributed by atoms with E-state index in [4.69, 9.17) is 18.9 Å². The number of nitrogens with one attached hydrogen (secondary N) is 6. The molecule has 4 aromatic carbocycles. The first kappa shape index (κ1) is 62.8. The van der Waals surface area contributed by atoms with Crippen LogP contribution in [-0.4, -0.2) is 131 Å². The predicted octanol–water partition coefficient (Wildman–Crippen LogP) is 6.24. The van der Waals surface area contributed by atoms with Crippen LogP contribution in [0.3, 0.4) is 0 Å². The number of hydrogen-bond acceptors (Lipinski definition) is 13. The number of rotatable bonds is 27. The fourth-order valence-corrected chi connectivity index (χ4v) is 13.1. The molecule has 2 saturated carbocycles. The number of aryl methyl sites for hydroxylation is 1. The normalized spacial score (nSPS) is 22.3. The predicted molar refractivity (Wildman–Crippen MR) is 329 cm³/mol. The molecule has 3 aliphatic carbocycles. The van der Waals surface area contributed by atoms with Crippen LogP contribution in [0.15, 0.2) is 96.6 Å². The zero-order valence-corrected chi connectivity index (χ0v) is 51.5. The third kappa shape index (κ3) is 14.2. The Morgan fingerprint density at radius 3 is 1.77 bits per heavy atom. The number of fused-ring (bicyclic) bond motifs is 2. The number of imidazole rings is 1. The Bertz CT molecular complexity index is 3520. The summed E-state index contributed by atoms with van der Waals surface area (Å²) in [6.45, 7) is 8.82. The van der Waals surface area contributed by atoms with Crippen LogP contribution in [0.1, 0.15) is 137 Å². The number of aromatic nitrogens is 2. The van der Waals surface area contributed by atoms with Gasteiger partial charge in [0, 0.05) is 31.9 Å². The molecule has 1 aromatic heterocycles. The Morgan fingerprint density at radius 1 is 0.625 bits per heavy atom. The van der Waals surface area contributed by atoms with Crippen molar-refractivity contribution in [2.75, 3.05) is 27.4 Å². The topological polar surface area (TPSA) is 270 Å². The lowest BCUT2D eigenvalue weighted by Crippen LogP contribution is -2.57. The summed E-state index contributed by atoms with van der Waals surface area (Å²) < 4.78 is 24.4. The molecule has 88 heavy (non-hydrogen) atoms. The van der Waals surface area contributed by atoms with Crippen molar-refractivity contribution in [2.45, 2.75) is 165 Å². The molecular formula is C68H82N8O12. The fraction of sp³-hybridized carbons (Fsp3) is 0.485. The van der Waals surface area contributed by atoms with Crippen molar-refractivity contribution in [3.63, 3.8) is 0 Å². The van der Waals surface area contributed by atoms with E-state index in [1.165, 1.54) is 6.92 Å². The lowest BCUT2D eigenvalue weighted by Gasteiger charge is -2.29. The number of allylic oxidation sites excluding steroid dienone is 1. The molecule has 5 aromatic rings. The van der Waals surface area contributed by atoms with Crippen LogP contribution in [0.2, 0.25) is 0 Å². The van der Waals surface area contributed by atoms with Crippen LogP contribution < -0.4 is 41.4 Å². The number of carbonyl (C=O) groups excluding carboxylic acids is 8. The standard InChI is InChI=1S/C68H82N8O12/c1-38-47-20-12-11-18-44(47)34-49(38)63(81)69-39(2)61(79)74-54(32-42-24-27-46(85-7)28-25-42)64(82)73-53(59(78)68(5)37-88-68)35-45-19-15-21-48(45)50-30-43(26-29-57(50)86-8)33-55(65(83)72-52(31-41-16-9-10-17-41)58(77)67(4)36-87-67)75-62(80)40(3)70-66(84)60-71-51-22-13-14-23-56(51)76(60)6/h11-14,18,20,22-30,39-41,45,48,52-55H,9-10,15-17,19,21,31-37H2,1-8H3,(H,69,81)(H,70,84)(H,72,83)(H,73,82)(H,74,79)(H,75,80). The molecule has 10 rings (SSSR count). The third-order valence-corrected chi connectivity index (χ3v) is 18.7. The van der Waals surface area contributed by atoms with Crippen molar-refractivity contribution in [3.05, 3.63) is 130 Å². The molecule has 4 fully saturated rings. The monoisotopic (exact) mass is 1200 g/mol. The third-order valence-electron chi connectivity index (χ3n) is 18.7. The molecule has 10 atom stereocenters. The number of ether oxygens (including phenoxy) is 4. The molecule has 5 aliphatic rings. The lowest BCUT2D eigenvalue weighted by atomic mass is 9.81. The first-order chi connectivity index (χ1) is 42.1. The van der Waals surface area contributed by atoms with Gasteiger partial charge >= 0.3 is 0 Å². The Balaban J connectivity index is 0.883. The number of ketones is 2. The van der Waals surface area contributed by atoms with Crippen LogP contribution in [0.5, 0.6) is 11.5 Å². The Morgan fingerprint density at radius 2 is 1.18 bits per heavy atom. The molecular weight excluding hydrogens is 1120 g/mol. The molecule has 6 N–H and O–H groups in total. The number of hydrogen-bond donors (Lipinski definition) is 6. The minimum atomic E-state index is -1.22. The number of epoxide rings is 2. The SMILES string of the molecule is COc1ccc(CC(NC(=O)C(C)NC(=O)C2=C(C)c3ccccc3C2)C(=O)NC(CC2CCCC2c2cc(CC(NC(=O)C(C)NC(=O)c3nc4ccccc4n3C)C(=O)NC(CC3CCCC3)C(=O)C3(C)CO3)ccc2OC)C(=O)C2(C)CO2)cc1. The Labute approximate surface area is 513 Å². The Kier molecular flexibility index (Phi) is 19.0. The number of methoxy groups -OCH3 is 2. The number of benzene rings is 4. The second-order valence-corrected chi connectivity index (χ2v) is 25.1. The average Bonchev–Trinajstić information content (AvgIpc) is 2.59. The highest BCUT2D eigenvalue weighted by Crippen LogP contribution is 2.46. The first-order valence-electron chi connectivity index (χ1n) is 30.8. The number of nitrogens with zero attached hydrogens (tertiary/aromatic N) is 2. The number of carbonyl (C=O) groups is 8. The van der Waals surface area contributed by atoms with Crippen molar-refractivity contribution in [2.24, 2.45) is 18.9 Å². The molecule has 6 amide bonds. The second kappa shape index (κ2) is 26.6. The molecule has 10 unspecified atom stereocenters. The zero-order chi connectivity index (χ0) is 62.6. The number of amides is 6. The minimum Gasteiger partial charge on any atom is -0.497 e. The summed E-state index contributed by atoms with van der Waals surface area (Å²) >= 11 is 0. The first-order valence-corrected chi connectivity index (χ1v) is 30.8. The molecule has 0 spiro atoms. The maximum Gasteiger partial charge on any atom is 0.287 e. The van der Waals surface area contributed by atoms with E-state index in [0.29, 0.717) is 59.4 Å². The van der Waals surface area contributed by atoms with E-state index in [1.54, 1.807) is 76.9 Å². The van der Waals surface area contributed by atoms with Crippen molar-refractivity contribution in [3.8, 4) is 11.5 Å². The van der Waals surface area contributed by atoms with Gasteiger partial charge in [-0.25, -0.2) is 4.98 Å². The quantitative estimate of drug-likeness (QED) is 0.0319. The maximum atomic E-state index is 14.9. The molecule has 0 bridgehead atoms. The summed E-state index contributed by atoms with van der Waals surface area (Å²) in [7, 11) is 4.84. The smallest absolute Gasteiger partial charge is 0.287 e. The molecule has 2 aliphatic heterocycles. The van der Waals surface area contributed by atoms with Gasteiger partial charge in [0.2, 0.25) is 29.5 Å². The van der Waals surface area contributed by atoms with Gasteiger partial charge in [-0.3, -0.25) is 38.4 Å². The van der Waals surface area contributed by atoms with Gasteiger partial charge in [0.05, 0.1) is 50.6 Å². The van der Waals surface area contributed by atoms with Gasteiger partial charge in [0.25, 0.3) is 5.91 Å². The van der Waals surface area contributed by atoms with Crippen molar-refractivity contribution < 1.29 is 57.3 Å². The summed E-state index contributed by atoms with van der Waals surface area (Å²) in [5, 5.41) is 17.5. The second-order valence-electron chi connectivity index (χ2n) is 25.1.